The molecule has 0 saturated heterocycles. The average molecular weight is 320 g/mol. The van der Waals surface area contributed by atoms with Crippen LogP contribution in [0.4, 0.5) is 0 Å². The third-order valence-electron chi connectivity index (χ3n) is 3.74. The highest BCUT2D eigenvalue weighted by Crippen LogP contribution is 2.36. The molecule has 0 unspecified atom stereocenters. The number of aromatic nitrogens is 4. The van der Waals surface area contributed by atoms with Crippen molar-refractivity contribution in [1.82, 2.24) is 19.9 Å². The number of ether oxygens (including phenoxy) is 1. The lowest BCUT2D eigenvalue weighted by Gasteiger charge is -2.11. The van der Waals surface area contributed by atoms with Crippen molar-refractivity contribution in [2.45, 2.75) is 6.92 Å². The van der Waals surface area contributed by atoms with Gasteiger partial charge in [-0.15, -0.1) is 0 Å². The van der Waals surface area contributed by atoms with Gasteiger partial charge in [-0.1, -0.05) is 24.3 Å². The molecule has 4 aromatic rings. The highest BCUT2D eigenvalue weighted by Gasteiger charge is 2.23. The molecule has 0 aliphatic carbocycles. The molecule has 2 heterocycles. The Morgan fingerprint density at radius 1 is 1.17 bits per heavy atom. The molecule has 4 rings (SSSR count). The molecule has 0 amide bonds. The van der Waals surface area contributed by atoms with E-state index in [4.69, 9.17) is 4.74 Å². The molecule has 118 valence electrons. The van der Waals surface area contributed by atoms with Crippen LogP contribution >= 0.6 is 0 Å². The van der Waals surface area contributed by atoms with E-state index in [2.05, 4.69) is 19.9 Å². The van der Waals surface area contributed by atoms with Crippen LogP contribution in [0.1, 0.15) is 17.3 Å². The quantitative estimate of drug-likeness (QED) is 0.344. The van der Waals surface area contributed by atoms with Crippen molar-refractivity contribution in [2.75, 3.05) is 6.61 Å². The Hall–Kier alpha value is -3.35. The van der Waals surface area contributed by atoms with Crippen LogP contribution in [0.3, 0.4) is 0 Å². The highest BCUT2D eigenvalue weighted by atomic mass is 16.5. The van der Waals surface area contributed by atoms with E-state index in [1.165, 1.54) is 12.5 Å². The standard InChI is InChI=1S/C17H12N4O3/c1-2-24-17(23)12-14-13(9-5-3-4-6-10(9)15(12)22)21-16-11(20-14)7-18-8-19-16/h3-8,22H,2H2,1H3. The molecule has 2 aromatic heterocycles. The van der Waals surface area contributed by atoms with Gasteiger partial charge >= 0.3 is 5.97 Å². The van der Waals surface area contributed by atoms with E-state index in [0.717, 1.165) is 0 Å². The predicted molar refractivity (Wildman–Crippen MR) is 87.8 cm³/mol. The molecule has 0 atom stereocenters. The fourth-order valence-corrected chi connectivity index (χ4v) is 2.71. The smallest absolute Gasteiger partial charge is 0.344 e. The lowest BCUT2D eigenvalue weighted by atomic mass is 10.0. The van der Waals surface area contributed by atoms with Gasteiger partial charge in [0.15, 0.2) is 5.65 Å². The number of hydrogen-bond acceptors (Lipinski definition) is 7. The van der Waals surface area contributed by atoms with Gasteiger partial charge in [0.2, 0.25) is 0 Å². The number of fused-ring (bicyclic) bond motifs is 4. The summed E-state index contributed by atoms with van der Waals surface area (Å²) in [6, 6.07) is 7.14. The first-order chi connectivity index (χ1) is 11.7. The van der Waals surface area contributed by atoms with E-state index in [1.54, 1.807) is 19.1 Å². The first-order valence-corrected chi connectivity index (χ1v) is 7.39. The number of phenols is 1. The summed E-state index contributed by atoms with van der Waals surface area (Å²) in [5, 5.41) is 11.8. The topological polar surface area (TPSA) is 98.1 Å². The maximum Gasteiger partial charge on any atom is 0.344 e. The van der Waals surface area contributed by atoms with Gasteiger partial charge in [-0.2, -0.15) is 0 Å². The number of carbonyl (C=O) groups is 1. The minimum absolute atomic E-state index is 0.00352. The molecule has 0 bridgehead atoms. The third-order valence-corrected chi connectivity index (χ3v) is 3.74. The zero-order valence-electron chi connectivity index (χ0n) is 12.7. The van der Waals surface area contributed by atoms with Gasteiger partial charge in [-0.25, -0.2) is 24.7 Å². The Morgan fingerprint density at radius 3 is 2.75 bits per heavy atom. The van der Waals surface area contributed by atoms with Crippen molar-refractivity contribution in [2.24, 2.45) is 0 Å². The Balaban J connectivity index is 2.23. The van der Waals surface area contributed by atoms with Crippen molar-refractivity contribution in [3.8, 4) is 5.75 Å². The SMILES string of the molecule is CCOC(=O)c1c(O)c2ccccc2c2nc3ncncc3nc12. The van der Waals surface area contributed by atoms with Gasteiger partial charge < -0.3 is 9.84 Å². The van der Waals surface area contributed by atoms with Crippen LogP contribution < -0.4 is 0 Å². The van der Waals surface area contributed by atoms with Gasteiger partial charge in [-0.3, -0.25) is 0 Å². The molecule has 0 spiro atoms. The number of hydrogen-bond donors (Lipinski definition) is 1. The minimum Gasteiger partial charge on any atom is -0.506 e. The molecule has 7 nitrogen and oxygen atoms in total. The van der Waals surface area contributed by atoms with Crippen molar-refractivity contribution in [3.63, 3.8) is 0 Å². The number of benzene rings is 2. The molecule has 0 fully saturated rings. The van der Waals surface area contributed by atoms with E-state index >= 15 is 0 Å². The van der Waals surface area contributed by atoms with Gasteiger partial charge in [0, 0.05) is 10.8 Å². The normalized spacial score (nSPS) is 11.2. The summed E-state index contributed by atoms with van der Waals surface area (Å²) < 4.78 is 5.08. The molecule has 7 heteroatoms. The van der Waals surface area contributed by atoms with Crippen LogP contribution in [0.5, 0.6) is 5.75 Å². The molecule has 0 aliphatic heterocycles. The van der Waals surface area contributed by atoms with E-state index < -0.39 is 5.97 Å². The molecular weight excluding hydrogens is 308 g/mol. The second-order valence-electron chi connectivity index (χ2n) is 5.14. The van der Waals surface area contributed by atoms with Crippen molar-refractivity contribution in [1.29, 1.82) is 0 Å². The van der Waals surface area contributed by atoms with Gasteiger partial charge in [-0.05, 0) is 6.92 Å². The molecule has 0 saturated carbocycles. The van der Waals surface area contributed by atoms with Crippen LogP contribution in [0.15, 0.2) is 36.8 Å². The Morgan fingerprint density at radius 2 is 1.96 bits per heavy atom. The van der Waals surface area contributed by atoms with Gasteiger partial charge in [0.25, 0.3) is 0 Å². The number of rotatable bonds is 2. The molecular formula is C17H12N4O3. The zero-order chi connectivity index (χ0) is 16.7. The van der Waals surface area contributed by atoms with E-state index in [-0.39, 0.29) is 23.4 Å². The molecule has 0 aliphatic rings. The Labute approximate surface area is 136 Å². The van der Waals surface area contributed by atoms with Crippen LogP contribution in [0, 0.1) is 0 Å². The second kappa shape index (κ2) is 5.38. The van der Waals surface area contributed by atoms with E-state index in [9.17, 15) is 9.90 Å². The molecule has 0 radical (unpaired) electrons. The molecule has 1 N–H and O–H groups in total. The summed E-state index contributed by atoms with van der Waals surface area (Å²) in [6.45, 7) is 1.89. The number of carbonyl (C=O) groups excluding carboxylic acids is 1. The van der Waals surface area contributed by atoms with Gasteiger partial charge in [0.05, 0.1) is 12.8 Å². The fourth-order valence-electron chi connectivity index (χ4n) is 2.71. The number of aromatic hydroxyl groups is 1. The number of phenolic OH excluding ortho intramolecular Hbond substituents is 1. The summed E-state index contributed by atoms with van der Waals surface area (Å²) >= 11 is 0. The first kappa shape index (κ1) is 14.3. The van der Waals surface area contributed by atoms with Crippen LogP contribution in [-0.2, 0) is 4.74 Å². The lowest BCUT2D eigenvalue weighted by Crippen LogP contribution is -2.08. The first-order valence-electron chi connectivity index (χ1n) is 7.39. The number of nitrogens with zero attached hydrogens (tertiary/aromatic N) is 4. The van der Waals surface area contributed by atoms with Crippen LogP contribution in [0.25, 0.3) is 33.0 Å². The maximum absolute atomic E-state index is 12.4. The summed E-state index contributed by atoms with van der Waals surface area (Å²) in [6.07, 6.45) is 2.90. The summed E-state index contributed by atoms with van der Waals surface area (Å²) in [5.41, 5.74) is 1.61. The molecule has 2 aromatic carbocycles. The summed E-state index contributed by atoms with van der Waals surface area (Å²) in [7, 11) is 0. The van der Waals surface area contributed by atoms with Crippen molar-refractivity contribution >= 4 is 38.9 Å². The minimum atomic E-state index is -0.642. The second-order valence-corrected chi connectivity index (χ2v) is 5.14. The average Bonchev–Trinajstić information content (AvgIpc) is 2.61. The highest BCUT2D eigenvalue weighted by molar-refractivity contribution is 6.17. The Bertz CT molecular complexity index is 1110. The largest absolute Gasteiger partial charge is 0.506 e. The van der Waals surface area contributed by atoms with Crippen molar-refractivity contribution < 1.29 is 14.6 Å². The summed E-state index contributed by atoms with van der Waals surface area (Å²) in [4.78, 5) is 29.4. The van der Waals surface area contributed by atoms with E-state index in [0.29, 0.717) is 27.5 Å². The molecule has 24 heavy (non-hydrogen) atoms. The predicted octanol–water partition coefficient (Wildman–Crippen LogP) is 2.61. The van der Waals surface area contributed by atoms with E-state index in [1.807, 2.05) is 12.1 Å². The maximum atomic E-state index is 12.4. The van der Waals surface area contributed by atoms with Crippen molar-refractivity contribution in [3.05, 3.63) is 42.4 Å². The van der Waals surface area contributed by atoms with Crippen LogP contribution in [-0.4, -0.2) is 37.6 Å². The summed E-state index contributed by atoms with van der Waals surface area (Å²) in [5.74, 6) is -0.807. The lowest BCUT2D eigenvalue weighted by molar-refractivity contribution is 0.0525. The monoisotopic (exact) mass is 320 g/mol. The Kier molecular flexibility index (Phi) is 3.19. The third kappa shape index (κ3) is 2.02. The zero-order valence-corrected chi connectivity index (χ0v) is 12.7. The van der Waals surface area contributed by atoms with Crippen LogP contribution in [0.2, 0.25) is 0 Å². The fraction of sp³-hybridized carbons (Fsp3) is 0.118. The van der Waals surface area contributed by atoms with Gasteiger partial charge in [0.1, 0.15) is 34.2 Å². The number of esters is 1.